The largest absolute Gasteiger partial charge is 0.488 e. The Bertz CT molecular complexity index is 623. The first-order chi connectivity index (χ1) is 9.99. The summed E-state index contributed by atoms with van der Waals surface area (Å²) in [5.74, 6) is -0.652. The van der Waals surface area contributed by atoms with Crippen molar-refractivity contribution < 1.29 is 25.1 Å². The van der Waals surface area contributed by atoms with Crippen molar-refractivity contribution in [2.24, 2.45) is 0 Å². The van der Waals surface area contributed by atoms with Crippen molar-refractivity contribution in [1.82, 2.24) is 0 Å². The lowest BCUT2D eigenvalue weighted by molar-refractivity contribution is -0.688. The fraction of sp³-hybridized carbons (Fsp3) is 0.400. The van der Waals surface area contributed by atoms with E-state index in [0.29, 0.717) is 18.3 Å². The second-order valence-electron chi connectivity index (χ2n) is 5.24. The van der Waals surface area contributed by atoms with Gasteiger partial charge in [-0.3, -0.25) is 0 Å². The third-order valence-electron chi connectivity index (χ3n) is 3.04. The van der Waals surface area contributed by atoms with Gasteiger partial charge in [-0.2, -0.15) is 0 Å². The first-order valence-electron chi connectivity index (χ1n) is 6.88. The maximum absolute atomic E-state index is 11.3. The van der Waals surface area contributed by atoms with Crippen molar-refractivity contribution in [1.29, 1.82) is 0 Å². The molecule has 0 radical (unpaired) electrons. The molecule has 5 nitrogen and oxygen atoms in total. The molecule has 1 atom stereocenters. The minimum atomic E-state index is -1.01. The number of aliphatic hydroxyl groups excluding tert-OH is 1. The van der Waals surface area contributed by atoms with Gasteiger partial charge in [0.1, 0.15) is 19.3 Å². The number of fused-ring (bicyclic) bond motifs is 1. The van der Waals surface area contributed by atoms with E-state index in [1.165, 1.54) is 11.3 Å². The molecule has 21 heavy (non-hydrogen) atoms. The zero-order chi connectivity index (χ0) is 15.4. The van der Waals surface area contributed by atoms with Crippen LogP contribution in [0.5, 0.6) is 5.75 Å². The van der Waals surface area contributed by atoms with E-state index in [1.807, 2.05) is 43.4 Å². The highest BCUT2D eigenvalue weighted by atomic mass is 32.1. The predicted octanol–water partition coefficient (Wildman–Crippen LogP) is 1.31. The minimum absolute atomic E-state index is 0.0875. The minimum Gasteiger partial charge on any atom is -0.488 e. The van der Waals surface area contributed by atoms with Crippen LogP contribution in [0, 0.1) is 0 Å². The number of carbonyl (C=O) groups is 1. The summed E-state index contributed by atoms with van der Waals surface area (Å²) in [6.07, 6.45) is -0.632. The number of hydrogen-bond acceptors (Lipinski definition) is 4. The molecule has 6 heteroatoms. The highest BCUT2D eigenvalue weighted by molar-refractivity contribution is 7.21. The molecule has 0 aliphatic rings. The van der Waals surface area contributed by atoms with E-state index >= 15 is 0 Å². The van der Waals surface area contributed by atoms with Crippen LogP contribution in [-0.2, 0) is 0 Å². The second-order valence-corrected chi connectivity index (χ2v) is 6.29. The third-order valence-corrected chi connectivity index (χ3v) is 4.18. The molecule has 0 saturated carbocycles. The molecule has 0 fully saturated rings. The number of carboxylic acids is 1. The van der Waals surface area contributed by atoms with Crippen LogP contribution in [-0.4, -0.2) is 41.5 Å². The van der Waals surface area contributed by atoms with Crippen molar-refractivity contribution in [2.75, 3.05) is 13.2 Å². The quantitative estimate of drug-likeness (QED) is 0.720. The van der Waals surface area contributed by atoms with Crippen LogP contribution in [0.25, 0.3) is 10.1 Å². The molecular formula is C15H20NO4S+. The number of aliphatic hydroxyl groups is 1. The number of rotatable bonds is 7. The predicted molar refractivity (Wildman–Crippen MR) is 82.2 cm³/mol. The van der Waals surface area contributed by atoms with Gasteiger partial charge in [0.2, 0.25) is 0 Å². The van der Waals surface area contributed by atoms with Gasteiger partial charge >= 0.3 is 5.97 Å². The van der Waals surface area contributed by atoms with E-state index in [9.17, 15) is 15.0 Å². The Labute approximate surface area is 127 Å². The zero-order valence-corrected chi connectivity index (χ0v) is 12.9. The van der Waals surface area contributed by atoms with Crippen LogP contribution in [0.15, 0.2) is 24.3 Å². The number of aromatic carboxylic acids is 1. The maximum Gasteiger partial charge on any atom is 0.349 e. The zero-order valence-electron chi connectivity index (χ0n) is 12.1. The molecular weight excluding hydrogens is 290 g/mol. The van der Waals surface area contributed by atoms with Gasteiger partial charge in [-0.25, -0.2) is 4.79 Å². The highest BCUT2D eigenvalue weighted by Gasteiger charge is 2.20. The molecule has 0 saturated heterocycles. The first-order valence-corrected chi connectivity index (χ1v) is 7.69. The van der Waals surface area contributed by atoms with E-state index in [1.54, 1.807) is 0 Å². The molecule has 4 N–H and O–H groups in total. The molecule has 2 aromatic rings. The van der Waals surface area contributed by atoms with Crippen molar-refractivity contribution in [3.63, 3.8) is 0 Å². The Hall–Kier alpha value is -1.63. The maximum atomic E-state index is 11.3. The van der Waals surface area contributed by atoms with E-state index in [4.69, 9.17) is 4.74 Å². The summed E-state index contributed by atoms with van der Waals surface area (Å²) in [4.78, 5) is 11.5. The van der Waals surface area contributed by atoms with Crippen LogP contribution in [0.4, 0.5) is 0 Å². The monoisotopic (exact) mass is 310 g/mol. The van der Waals surface area contributed by atoms with Gasteiger partial charge in [-0.1, -0.05) is 12.1 Å². The molecule has 1 heterocycles. The van der Waals surface area contributed by atoms with Gasteiger partial charge in [0.05, 0.1) is 6.04 Å². The van der Waals surface area contributed by atoms with Gasteiger partial charge < -0.3 is 20.3 Å². The van der Waals surface area contributed by atoms with Crippen LogP contribution < -0.4 is 10.1 Å². The number of quaternary nitrogens is 1. The lowest BCUT2D eigenvalue weighted by Crippen LogP contribution is -2.90. The summed E-state index contributed by atoms with van der Waals surface area (Å²) in [5, 5.41) is 22.0. The van der Waals surface area contributed by atoms with Crippen LogP contribution in [0.3, 0.4) is 0 Å². The Morgan fingerprint density at radius 1 is 1.38 bits per heavy atom. The third kappa shape index (κ3) is 3.93. The highest BCUT2D eigenvalue weighted by Crippen LogP contribution is 2.37. The lowest BCUT2D eigenvalue weighted by Gasteiger charge is -2.13. The molecule has 0 bridgehead atoms. The van der Waals surface area contributed by atoms with E-state index < -0.39 is 12.1 Å². The molecule has 0 aliphatic carbocycles. The van der Waals surface area contributed by atoms with Crippen molar-refractivity contribution in [3.05, 3.63) is 29.1 Å². The Morgan fingerprint density at radius 3 is 2.76 bits per heavy atom. The summed E-state index contributed by atoms with van der Waals surface area (Å²) in [6, 6.07) is 7.80. The Morgan fingerprint density at radius 2 is 2.10 bits per heavy atom. The van der Waals surface area contributed by atoms with Gasteiger partial charge in [-0.05, 0) is 26.0 Å². The SMILES string of the molecule is CC(C)[NH2+]CC(O)COc1c(C(=O)O)sc2ccccc12. The van der Waals surface area contributed by atoms with E-state index in [0.717, 1.165) is 10.1 Å². The topological polar surface area (TPSA) is 83.4 Å². The molecule has 1 aromatic heterocycles. The Kier molecular flexibility index (Phi) is 5.17. The smallest absolute Gasteiger partial charge is 0.349 e. The van der Waals surface area contributed by atoms with Crippen LogP contribution in [0.2, 0.25) is 0 Å². The summed E-state index contributed by atoms with van der Waals surface area (Å²) in [5.41, 5.74) is 0. The molecule has 0 aliphatic heterocycles. The van der Waals surface area contributed by atoms with Gasteiger partial charge in [0.15, 0.2) is 10.6 Å². The normalized spacial score (nSPS) is 12.8. The van der Waals surface area contributed by atoms with Crippen molar-refractivity contribution >= 4 is 27.4 Å². The van der Waals surface area contributed by atoms with Crippen LogP contribution in [0.1, 0.15) is 23.5 Å². The summed E-state index contributed by atoms with van der Waals surface area (Å²) < 4.78 is 6.47. The van der Waals surface area contributed by atoms with Crippen LogP contribution >= 0.6 is 11.3 Å². The van der Waals surface area contributed by atoms with Crippen molar-refractivity contribution in [3.8, 4) is 5.75 Å². The number of benzene rings is 1. The fourth-order valence-corrected chi connectivity index (χ4v) is 2.97. The molecule has 1 unspecified atom stereocenters. The van der Waals surface area contributed by atoms with Gasteiger partial charge in [0, 0.05) is 10.1 Å². The van der Waals surface area contributed by atoms with Gasteiger partial charge in [0.25, 0.3) is 0 Å². The van der Waals surface area contributed by atoms with E-state index in [2.05, 4.69) is 0 Å². The van der Waals surface area contributed by atoms with Crippen molar-refractivity contribution in [2.45, 2.75) is 26.0 Å². The lowest BCUT2D eigenvalue weighted by atomic mass is 10.2. The number of carboxylic acid groups (broad SMARTS) is 1. The number of nitrogens with two attached hydrogens (primary N) is 1. The number of ether oxygens (including phenoxy) is 1. The molecule has 0 amide bonds. The summed E-state index contributed by atoms with van der Waals surface area (Å²) >= 11 is 1.19. The van der Waals surface area contributed by atoms with Gasteiger partial charge in [-0.15, -0.1) is 11.3 Å². The van der Waals surface area contributed by atoms with E-state index in [-0.39, 0.29) is 11.5 Å². The molecule has 2 rings (SSSR count). The first kappa shape index (κ1) is 15.8. The molecule has 0 spiro atoms. The fourth-order valence-electron chi connectivity index (χ4n) is 1.98. The number of thiophene rings is 1. The second kappa shape index (κ2) is 6.89. The average molecular weight is 310 g/mol. The molecule has 1 aromatic carbocycles. The number of hydrogen-bond donors (Lipinski definition) is 3. The summed E-state index contributed by atoms with van der Waals surface area (Å²) in [7, 11) is 0. The summed E-state index contributed by atoms with van der Waals surface area (Å²) in [6.45, 7) is 4.71. The Balaban J connectivity index is 2.13. The average Bonchev–Trinajstić information content (AvgIpc) is 2.82. The molecule has 114 valence electrons. The standard InChI is InChI=1S/C15H19NO4S/c1-9(2)16-7-10(17)8-20-13-11-5-3-4-6-12(11)21-14(13)15(18)19/h3-6,9-10,16-17H,7-8H2,1-2H3,(H,18,19)/p+1.